The Morgan fingerprint density at radius 1 is 1.28 bits per heavy atom. The number of thiophene rings is 1. The minimum absolute atomic E-state index is 0.132. The first-order valence-electron chi connectivity index (χ1n) is 4.83. The zero-order valence-electron chi connectivity index (χ0n) is 8.78. The van der Waals surface area contributed by atoms with Crippen LogP contribution in [0, 0.1) is 0 Å². The van der Waals surface area contributed by atoms with Gasteiger partial charge in [-0.2, -0.15) is 13.2 Å². The molecule has 0 amide bonds. The highest BCUT2D eigenvalue weighted by molar-refractivity contribution is 7.10. The summed E-state index contributed by atoms with van der Waals surface area (Å²) in [4.78, 5) is 4.08. The Balaban J connectivity index is 2.28. The van der Waals surface area contributed by atoms with Gasteiger partial charge in [-0.3, -0.25) is 4.98 Å². The minimum atomic E-state index is -4.43. The third-order valence-corrected chi connectivity index (χ3v) is 3.70. The lowest BCUT2D eigenvalue weighted by Crippen LogP contribution is -2.07. The van der Waals surface area contributed by atoms with Gasteiger partial charge in [0.15, 0.2) is 0 Å². The molecule has 0 aliphatic carbocycles. The first-order chi connectivity index (χ1) is 8.39. The van der Waals surface area contributed by atoms with Crippen LogP contribution in [-0.4, -0.2) is 10.1 Å². The molecule has 0 aliphatic rings. The smallest absolute Gasteiger partial charge is 0.381 e. The highest BCUT2D eigenvalue weighted by Gasteiger charge is 2.31. The van der Waals surface area contributed by atoms with Gasteiger partial charge in [-0.25, -0.2) is 0 Å². The second kappa shape index (κ2) is 4.87. The summed E-state index contributed by atoms with van der Waals surface area (Å²) in [7, 11) is 0. The van der Waals surface area contributed by atoms with Crippen molar-refractivity contribution in [1.29, 1.82) is 0 Å². The number of aromatic nitrogens is 1. The Bertz CT molecular complexity index is 538. The first kappa shape index (κ1) is 13.3. The molecule has 0 spiro atoms. The molecule has 0 aliphatic heterocycles. The molecule has 0 aromatic carbocycles. The third-order valence-electron chi connectivity index (χ3n) is 2.29. The average Bonchev–Trinajstić information content (AvgIpc) is 2.73. The summed E-state index contributed by atoms with van der Waals surface area (Å²) in [6.45, 7) is 0. The second-order valence-corrected chi connectivity index (χ2v) is 4.86. The van der Waals surface area contributed by atoms with E-state index in [4.69, 9.17) is 11.6 Å². The molecule has 2 aromatic heterocycles. The molecule has 96 valence electrons. The molecule has 0 saturated carbocycles. The molecule has 0 radical (unpaired) electrons. The van der Waals surface area contributed by atoms with Crippen molar-refractivity contribution in [2.45, 2.75) is 12.3 Å². The number of hydrogen-bond acceptors (Lipinski definition) is 3. The van der Waals surface area contributed by atoms with Gasteiger partial charge < -0.3 is 5.11 Å². The van der Waals surface area contributed by atoms with Crippen LogP contribution in [0.2, 0.25) is 5.02 Å². The maximum atomic E-state index is 12.3. The molecular formula is C11H7ClF3NOS. The van der Waals surface area contributed by atoms with E-state index in [0.717, 1.165) is 12.1 Å². The van der Waals surface area contributed by atoms with Crippen molar-refractivity contribution >= 4 is 22.9 Å². The SMILES string of the molecule is OC(c1ccc(C(F)(F)F)cn1)c1sccc1Cl. The number of alkyl halides is 3. The maximum absolute atomic E-state index is 12.3. The Morgan fingerprint density at radius 3 is 2.44 bits per heavy atom. The Kier molecular flexibility index (Phi) is 3.61. The Labute approximate surface area is 110 Å². The molecule has 2 heterocycles. The van der Waals surface area contributed by atoms with Crippen LogP contribution in [0.4, 0.5) is 13.2 Å². The molecule has 1 N–H and O–H groups in total. The van der Waals surface area contributed by atoms with E-state index < -0.39 is 17.8 Å². The maximum Gasteiger partial charge on any atom is 0.417 e. The molecule has 1 atom stereocenters. The highest BCUT2D eigenvalue weighted by Crippen LogP contribution is 2.33. The summed E-state index contributed by atoms with van der Waals surface area (Å²) in [6, 6.07) is 3.63. The molecule has 7 heteroatoms. The monoisotopic (exact) mass is 293 g/mol. The summed E-state index contributed by atoms with van der Waals surface area (Å²) in [5.41, 5.74) is -0.719. The zero-order chi connectivity index (χ0) is 13.3. The van der Waals surface area contributed by atoms with Crippen molar-refractivity contribution in [3.8, 4) is 0 Å². The van der Waals surface area contributed by atoms with Crippen LogP contribution in [0.15, 0.2) is 29.8 Å². The van der Waals surface area contributed by atoms with E-state index in [1.54, 1.807) is 11.4 Å². The van der Waals surface area contributed by atoms with Crippen LogP contribution in [0.3, 0.4) is 0 Å². The van der Waals surface area contributed by atoms with Crippen molar-refractivity contribution in [3.05, 3.63) is 50.9 Å². The van der Waals surface area contributed by atoms with E-state index in [1.807, 2.05) is 0 Å². The number of aliphatic hydroxyl groups excluding tert-OH is 1. The minimum Gasteiger partial charge on any atom is -0.381 e. The van der Waals surface area contributed by atoms with E-state index >= 15 is 0 Å². The van der Waals surface area contributed by atoms with Crippen LogP contribution in [0.25, 0.3) is 0 Å². The lowest BCUT2D eigenvalue weighted by Gasteiger charge is -2.10. The summed E-state index contributed by atoms with van der Waals surface area (Å²) >= 11 is 7.05. The number of halogens is 4. The van der Waals surface area contributed by atoms with E-state index in [2.05, 4.69) is 4.98 Å². The van der Waals surface area contributed by atoms with Gasteiger partial charge in [-0.1, -0.05) is 11.6 Å². The highest BCUT2D eigenvalue weighted by atomic mass is 35.5. The van der Waals surface area contributed by atoms with E-state index in [-0.39, 0.29) is 5.69 Å². The molecule has 2 rings (SSSR count). The molecule has 0 saturated heterocycles. The number of hydrogen-bond donors (Lipinski definition) is 1. The molecule has 2 nitrogen and oxygen atoms in total. The van der Waals surface area contributed by atoms with Crippen molar-refractivity contribution in [2.24, 2.45) is 0 Å². The summed E-state index contributed by atoms with van der Waals surface area (Å²) in [6.07, 6.45) is -4.85. The standard InChI is InChI=1S/C11H7ClF3NOS/c12-7-3-4-18-10(7)9(17)8-2-1-6(5-16-8)11(13,14)15/h1-5,9,17H. The number of aliphatic hydroxyl groups is 1. The van der Waals surface area contributed by atoms with Gasteiger partial charge in [0.2, 0.25) is 0 Å². The zero-order valence-corrected chi connectivity index (χ0v) is 10.4. The van der Waals surface area contributed by atoms with Crippen molar-refractivity contribution in [3.63, 3.8) is 0 Å². The lowest BCUT2D eigenvalue weighted by atomic mass is 10.1. The topological polar surface area (TPSA) is 33.1 Å². The van der Waals surface area contributed by atoms with Crippen LogP contribution in [-0.2, 0) is 6.18 Å². The Hall–Kier alpha value is -1.11. The van der Waals surface area contributed by atoms with Gasteiger partial charge in [0.05, 0.1) is 21.2 Å². The van der Waals surface area contributed by atoms with Crippen LogP contribution >= 0.6 is 22.9 Å². The van der Waals surface area contributed by atoms with Gasteiger partial charge in [-0.15, -0.1) is 11.3 Å². The van der Waals surface area contributed by atoms with Crippen molar-refractivity contribution in [1.82, 2.24) is 4.98 Å². The molecular weight excluding hydrogens is 287 g/mol. The summed E-state index contributed by atoms with van der Waals surface area (Å²) in [5, 5.41) is 12.0. The quantitative estimate of drug-likeness (QED) is 0.911. The second-order valence-electron chi connectivity index (χ2n) is 3.50. The predicted molar refractivity (Wildman–Crippen MR) is 62.6 cm³/mol. The molecule has 18 heavy (non-hydrogen) atoms. The molecule has 2 aromatic rings. The van der Waals surface area contributed by atoms with E-state index in [9.17, 15) is 18.3 Å². The van der Waals surface area contributed by atoms with E-state index in [1.165, 1.54) is 11.3 Å². The lowest BCUT2D eigenvalue weighted by molar-refractivity contribution is -0.137. The van der Waals surface area contributed by atoms with Gasteiger partial charge >= 0.3 is 6.18 Å². The van der Waals surface area contributed by atoms with E-state index in [0.29, 0.717) is 16.1 Å². The van der Waals surface area contributed by atoms with Gasteiger partial charge in [0.1, 0.15) is 6.10 Å². The third kappa shape index (κ3) is 2.66. The fourth-order valence-corrected chi connectivity index (χ4v) is 2.53. The largest absolute Gasteiger partial charge is 0.417 e. The van der Waals surface area contributed by atoms with Gasteiger partial charge in [0.25, 0.3) is 0 Å². The van der Waals surface area contributed by atoms with Gasteiger partial charge in [-0.05, 0) is 23.6 Å². The normalized spacial score (nSPS) is 13.6. The number of rotatable bonds is 2. The first-order valence-corrected chi connectivity index (χ1v) is 6.09. The number of pyridine rings is 1. The molecule has 0 fully saturated rings. The van der Waals surface area contributed by atoms with Crippen molar-refractivity contribution < 1.29 is 18.3 Å². The summed E-state index contributed by atoms with van der Waals surface area (Å²) < 4.78 is 37.0. The fourth-order valence-electron chi connectivity index (χ4n) is 1.37. The van der Waals surface area contributed by atoms with Crippen molar-refractivity contribution in [2.75, 3.05) is 0 Å². The summed E-state index contributed by atoms with van der Waals surface area (Å²) in [5.74, 6) is 0. The molecule has 0 bridgehead atoms. The average molecular weight is 294 g/mol. The Morgan fingerprint density at radius 2 is 2.00 bits per heavy atom. The van der Waals surface area contributed by atoms with Crippen LogP contribution < -0.4 is 0 Å². The van der Waals surface area contributed by atoms with Gasteiger partial charge in [0, 0.05) is 6.20 Å². The fraction of sp³-hybridized carbons (Fsp3) is 0.182. The number of nitrogens with zero attached hydrogens (tertiary/aromatic N) is 1. The predicted octanol–water partition coefficient (Wildman–Crippen LogP) is 3.90. The molecule has 1 unspecified atom stereocenters. The van der Waals surface area contributed by atoms with Crippen LogP contribution in [0.5, 0.6) is 0 Å². The van der Waals surface area contributed by atoms with Crippen LogP contribution in [0.1, 0.15) is 22.2 Å².